The number of piperazine rings is 1. The van der Waals surface area contributed by atoms with E-state index in [0.717, 1.165) is 43.9 Å². The average molecular weight is 460 g/mol. The number of benzene rings is 2. The van der Waals surface area contributed by atoms with Crippen LogP contribution in [-0.2, 0) is 16.1 Å². The molecule has 0 aliphatic carbocycles. The summed E-state index contributed by atoms with van der Waals surface area (Å²) in [7, 11) is 4.84. The SMILES string of the molecule is COc1cc(CN2CCN(C(=O)c3ccccc3)CC2)cc(OC)c1OC.O=C(O)C(=O)O. The molecule has 3 rings (SSSR count). The van der Waals surface area contributed by atoms with Gasteiger partial charge >= 0.3 is 11.9 Å². The first-order valence-electron chi connectivity index (χ1n) is 10.1. The molecule has 33 heavy (non-hydrogen) atoms. The number of nitrogens with zero attached hydrogens (tertiary/aromatic N) is 2. The van der Waals surface area contributed by atoms with Gasteiger partial charge in [0, 0.05) is 38.3 Å². The van der Waals surface area contributed by atoms with Gasteiger partial charge in [0.25, 0.3) is 5.91 Å². The average Bonchev–Trinajstić information content (AvgIpc) is 2.84. The zero-order valence-corrected chi connectivity index (χ0v) is 18.8. The van der Waals surface area contributed by atoms with Crippen LogP contribution in [0.2, 0.25) is 0 Å². The van der Waals surface area contributed by atoms with Crippen LogP contribution < -0.4 is 14.2 Å². The molecule has 0 bridgehead atoms. The second-order valence-corrected chi connectivity index (χ2v) is 7.08. The summed E-state index contributed by atoms with van der Waals surface area (Å²) in [5.41, 5.74) is 1.84. The molecular formula is C23H28N2O8. The Morgan fingerprint density at radius 3 is 1.76 bits per heavy atom. The van der Waals surface area contributed by atoms with Crippen LogP contribution in [0.4, 0.5) is 0 Å². The second-order valence-electron chi connectivity index (χ2n) is 7.08. The number of ether oxygens (including phenoxy) is 3. The topological polar surface area (TPSA) is 126 Å². The summed E-state index contributed by atoms with van der Waals surface area (Å²) in [6, 6.07) is 13.4. The maximum Gasteiger partial charge on any atom is 0.414 e. The van der Waals surface area contributed by atoms with Gasteiger partial charge < -0.3 is 29.3 Å². The van der Waals surface area contributed by atoms with E-state index in [4.69, 9.17) is 34.0 Å². The number of amides is 1. The van der Waals surface area contributed by atoms with Crippen LogP contribution in [0.5, 0.6) is 17.2 Å². The molecule has 10 heteroatoms. The highest BCUT2D eigenvalue weighted by Gasteiger charge is 2.23. The van der Waals surface area contributed by atoms with Crippen molar-refractivity contribution in [2.24, 2.45) is 0 Å². The number of carbonyl (C=O) groups excluding carboxylic acids is 1. The van der Waals surface area contributed by atoms with Gasteiger partial charge in [-0.2, -0.15) is 0 Å². The molecule has 1 fully saturated rings. The second kappa shape index (κ2) is 12.3. The first-order chi connectivity index (χ1) is 15.8. The van der Waals surface area contributed by atoms with Crippen LogP contribution in [0.15, 0.2) is 42.5 Å². The van der Waals surface area contributed by atoms with Gasteiger partial charge in [0.15, 0.2) is 11.5 Å². The summed E-state index contributed by atoms with van der Waals surface area (Å²) in [6.07, 6.45) is 0. The van der Waals surface area contributed by atoms with Crippen LogP contribution >= 0.6 is 0 Å². The number of aliphatic carboxylic acids is 2. The lowest BCUT2D eigenvalue weighted by Gasteiger charge is -2.35. The van der Waals surface area contributed by atoms with Crippen LogP contribution in [0, 0.1) is 0 Å². The third-order valence-electron chi connectivity index (χ3n) is 4.99. The molecule has 0 aromatic heterocycles. The fraction of sp³-hybridized carbons (Fsp3) is 0.348. The zero-order valence-electron chi connectivity index (χ0n) is 18.8. The van der Waals surface area contributed by atoms with Crippen molar-refractivity contribution in [1.29, 1.82) is 0 Å². The fourth-order valence-electron chi connectivity index (χ4n) is 3.36. The van der Waals surface area contributed by atoms with E-state index in [0.29, 0.717) is 17.2 Å². The summed E-state index contributed by atoms with van der Waals surface area (Å²) in [6.45, 7) is 3.87. The number of rotatable bonds is 6. The number of hydrogen-bond acceptors (Lipinski definition) is 7. The Balaban J connectivity index is 0.000000569. The maximum atomic E-state index is 12.6. The van der Waals surface area contributed by atoms with Gasteiger partial charge in [-0.1, -0.05) is 18.2 Å². The van der Waals surface area contributed by atoms with E-state index in [2.05, 4.69) is 4.90 Å². The third-order valence-corrected chi connectivity index (χ3v) is 4.99. The molecule has 1 amide bonds. The van der Waals surface area contributed by atoms with Crippen molar-refractivity contribution < 1.29 is 38.8 Å². The normalized spacial score (nSPS) is 13.4. The quantitative estimate of drug-likeness (QED) is 0.621. The van der Waals surface area contributed by atoms with E-state index < -0.39 is 11.9 Å². The van der Waals surface area contributed by atoms with Crippen molar-refractivity contribution in [3.05, 3.63) is 53.6 Å². The van der Waals surface area contributed by atoms with Gasteiger partial charge in [-0.05, 0) is 29.8 Å². The van der Waals surface area contributed by atoms with Gasteiger partial charge in [-0.25, -0.2) is 9.59 Å². The molecule has 1 heterocycles. The van der Waals surface area contributed by atoms with Crippen molar-refractivity contribution in [2.75, 3.05) is 47.5 Å². The molecule has 2 aromatic carbocycles. The van der Waals surface area contributed by atoms with Crippen LogP contribution in [0.1, 0.15) is 15.9 Å². The summed E-state index contributed by atoms with van der Waals surface area (Å²) >= 11 is 0. The minimum Gasteiger partial charge on any atom is -0.493 e. The molecule has 0 radical (unpaired) electrons. The van der Waals surface area contributed by atoms with Gasteiger partial charge in [-0.3, -0.25) is 9.69 Å². The standard InChI is InChI=1S/C21H26N2O4.C2H2O4/c1-25-18-13-16(14-19(26-2)20(18)27-3)15-22-9-11-23(12-10-22)21(24)17-7-5-4-6-8-17;3-1(4)2(5)6/h4-8,13-14H,9-12,15H2,1-3H3;(H,3,4)(H,5,6). The van der Waals surface area contributed by atoms with Gasteiger partial charge in [-0.15, -0.1) is 0 Å². The fourth-order valence-corrected chi connectivity index (χ4v) is 3.36. The Morgan fingerprint density at radius 1 is 0.818 bits per heavy atom. The molecule has 0 spiro atoms. The summed E-state index contributed by atoms with van der Waals surface area (Å²) in [5, 5.41) is 14.8. The van der Waals surface area contributed by atoms with Crippen molar-refractivity contribution >= 4 is 17.8 Å². The molecule has 2 N–H and O–H groups in total. The van der Waals surface area contributed by atoms with Crippen LogP contribution in [-0.4, -0.2) is 85.4 Å². The first-order valence-corrected chi connectivity index (χ1v) is 10.1. The lowest BCUT2D eigenvalue weighted by Crippen LogP contribution is -2.48. The van der Waals surface area contributed by atoms with Crippen molar-refractivity contribution in [2.45, 2.75) is 6.54 Å². The highest BCUT2D eigenvalue weighted by molar-refractivity contribution is 6.27. The maximum absolute atomic E-state index is 12.6. The molecular weight excluding hydrogens is 432 g/mol. The van der Waals surface area contributed by atoms with Gasteiger partial charge in [0.1, 0.15) is 0 Å². The molecule has 10 nitrogen and oxygen atoms in total. The molecule has 1 saturated heterocycles. The van der Waals surface area contributed by atoms with E-state index in [1.54, 1.807) is 21.3 Å². The van der Waals surface area contributed by atoms with Crippen LogP contribution in [0.25, 0.3) is 0 Å². The Morgan fingerprint density at radius 2 is 1.33 bits per heavy atom. The summed E-state index contributed by atoms with van der Waals surface area (Å²) in [5.74, 6) is -1.63. The zero-order chi connectivity index (χ0) is 24.4. The molecule has 1 aliphatic rings. The smallest absolute Gasteiger partial charge is 0.414 e. The Kier molecular flexibility index (Phi) is 9.49. The minimum atomic E-state index is -1.82. The number of carboxylic acid groups (broad SMARTS) is 2. The van der Waals surface area contributed by atoms with Crippen molar-refractivity contribution in [3.8, 4) is 17.2 Å². The van der Waals surface area contributed by atoms with Crippen molar-refractivity contribution in [1.82, 2.24) is 9.80 Å². The minimum absolute atomic E-state index is 0.100. The molecule has 0 atom stereocenters. The molecule has 1 aliphatic heterocycles. The Hall–Kier alpha value is -3.79. The van der Waals surface area contributed by atoms with E-state index >= 15 is 0 Å². The highest BCUT2D eigenvalue weighted by Crippen LogP contribution is 2.38. The van der Waals surface area contributed by atoms with Gasteiger partial charge in [0.05, 0.1) is 21.3 Å². The number of methoxy groups -OCH3 is 3. The predicted molar refractivity (Wildman–Crippen MR) is 119 cm³/mol. The Bertz CT molecular complexity index is 919. The van der Waals surface area contributed by atoms with E-state index in [9.17, 15) is 4.79 Å². The molecule has 0 unspecified atom stereocenters. The predicted octanol–water partition coefficient (Wildman–Crippen LogP) is 1.83. The van der Waals surface area contributed by atoms with Crippen LogP contribution in [0.3, 0.4) is 0 Å². The monoisotopic (exact) mass is 460 g/mol. The number of carboxylic acids is 2. The lowest BCUT2D eigenvalue weighted by atomic mass is 10.1. The Labute approximate surface area is 191 Å². The van der Waals surface area contributed by atoms with Gasteiger partial charge in [0.2, 0.25) is 5.75 Å². The van der Waals surface area contributed by atoms with E-state index in [1.807, 2.05) is 47.4 Å². The molecule has 0 saturated carbocycles. The van der Waals surface area contributed by atoms with E-state index in [1.165, 1.54) is 0 Å². The number of carbonyl (C=O) groups is 3. The highest BCUT2D eigenvalue weighted by atomic mass is 16.5. The summed E-state index contributed by atoms with van der Waals surface area (Å²) < 4.78 is 16.2. The summed E-state index contributed by atoms with van der Waals surface area (Å²) in [4.78, 5) is 35.0. The number of hydrogen-bond donors (Lipinski definition) is 2. The largest absolute Gasteiger partial charge is 0.493 e. The van der Waals surface area contributed by atoms with E-state index in [-0.39, 0.29) is 5.91 Å². The molecule has 2 aromatic rings. The molecule has 178 valence electrons. The first kappa shape index (κ1) is 25.5. The lowest BCUT2D eigenvalue weighted by molar-refractivity contribution is -0.159. The van der Waals surface area contributed by atoms with Crippen molar-refractivity contribution in [3.63, 3.8) is 0 Å². The third kappa shape index (κ3) is 7.11.